The molecule has 0 fully saturated rings. The second-order valence-corrected chi connectivity index (χ2v) is 8.19. The van der Waals surface area contributed by atoms with Crippen LogP contribution in [-0.2, 0) is 0 Å². The van der Waals surface area contributed by atoms with Gasteiger partial charge in [-0.25, -0.2) is 4.79 Å². The second kappa shape index (κ2) is 9.59. The van der Waals surface area contributed by atoms with Crippen molar-refractivity contribution in [2.24, 2.45) is 0 Å². The van der Waals surface area contributed by atoms with Gasteiger partial charge in [0.25, 0.3) is 0 Å². The summed E-state index contributed by atoms with van der Waals surface area (Å²) in [5.41, 5.74) is 3.11. The molecular weight excluding hydrogens is 464 g/mol. The van der Waals surface area contributed by atoms with E-state index in [4.69, 9.17) is 46.4 Å². The third kappa shape index (κ3) is 5.19. The van der Waals surface area contributed by atoms with Gasteiger partial charge >= 0.3 is 6.03 Å². The number of benzene rings is 3. The van der Waals surface area contributed by atoms with Gasteiger partial charge in [0, 0.05) is 20.8 Å². The minimum atomic E-state index is -0.566. The molecule has 0 aliphatic rings. The first-order valence-electron chi connectivity index (χ1n) is 8.76. The summed E-state index contributed by atoms with van der Waals surface area (Å²) in [7, 11) is 0. The van der Waals surface area contributed by atoms with Crippen LogP contribution in [0.4, 0.5) is 16.2 Å². The highest BCUT2D eigenvalue weighted by Gasteiger charge is 2.19. The van der Waals surface area contributed by atoms with Crippen LogP contribution in [0, 0.1) is 18.3 Å². The van der Waals surface area contributed by atoms with E-state index in [2.05, 4.69) is 16.7 Å². The maximum Gasteiger partial charge on any atom is 0.323 e. The number of carbonyl (C=O) groups is 1. The third-order valence-electron chi connectivity index (χ3n) is 4.41. The molecule has 0 aliphatic carbocycles. The normalized spacial score (nSPS) is 11.5. The Morgan fingerprint density at radius 2 is 1.50 bits per heavy atom. The summed E-state index contributed by atoms with van der Waals surface area (Å²) in [4.78, 5) is 12.4. The molecule has 152 valence electrons. The predicted octanol–water partition coefficient (Wildman–Crippen LogP) is 7.91. The van der Waals surface area contributed by atoms with Crippen molar-refractivity contribution < 1.29 is 4.79 Å². The van der Waals surface area contributed by atoms with Gasteiger partial charge < -0.3 is 10.6 Å². The lowest BCUT2D eigenvalue weighted by atomic mass is 9.91. The fourth-order valence-corrected chi connectivity index (χ4v) is 3.76. The summed E-state index contributed by atoms with van der Waals surface area (Å²) in [6.07, 6.45) is 0. The molecule has 3 rings (SSSR count). The second-order valence-electron chi connectivity index (χ2n) is 6.51. The Bertz CT molecular complexity index is 1140. The minimum absolute atomic E-state index is 0.322. The number of nitriles is 1. The number of nitrogens with zero attached hydrogens (tertiary/aromatic N) is 1. The van der Waals surface area contributed by atoms with Crippen LogP contribution in [0.5, 0.6) is 0 Å². The number of halogens is 4. The topological polar surface area (TPSA) is 64.9 Å². The quantitative estimate of drug-likeness (QED) is 0.400. The van der Waals surface area contributed by atoms with Crippen molar-refractivity contribution in [3.63, 3.8) is 0 Å². The Morgan fingerprint density at radius 1 is 0.867 bits per heavy atom. The van der Waals surface area contributed by atoms with Gasteiger partial charge in [-0.1, -0.05) is 64.6 Å². The van der Waals surface area contributed by atoms with Crippen LogP contribution >= 0.6 is 46.4 Å². The Balaban J connectivity index is 1.82. The van der Waals surface area contributed by atoms with Crippen LogP contribution < -0.4 is 10.6 Å². The van der Waals surface area contributed by atoms with E-state index in [0.29, 0.717) is 37.0 Å². The maximum absolute atomic E-state index is 12.4. The van der Waals surface area contributed by atoms with Crippen molar-refractivity contribution in [2.75, 3.05) is 10.6 Å². The summed E-state index contributed by atoms with van der Waals surface area (Å²) in [5.74, 6) is -0.566. The maximum atomic E-state index is 12.4. The molecule has 0 heterocycles. The predicted molar refractivity (Wildman–Crippen MR) is 124 cm³/mol. The molecule has 4 nitrogen and oxygen atoms in total. The standard InChI is InChI=1S/C22H15Cl4N3O/c1-12-8-16(17(11-27)13-2-4-14(23)5-3-13)18(25)10-21(12)29-22(30)28-20-7-6-15(24)9-19(20)26/h2-10,17H,1H3,(H2,28,29,30)/t17-/m0/s1. The minimum Gasteiger partial charge on any atom is -0.307 e. The molecule has 0 saturated heterocycles. The number of amides is 2. The van der Waals surface area contributed by atoms with E-state index in [1.54, 1.807) is 48.5 Å². The monoisotopic (exact) mass is 477 g/mol. The summed E-state index contributed by atoms with van der Waals surface area (Å²) in [6.45, 7) is 1.82. The van der Waals surface area contributed by atoms with E-state index >= 15 is 0 Å². The molecule has 1 atom stereocenters. The smallest absolute Gasteiger partial charge is 0.307 e. The molecule has 8 heteroatoms. The van der Waals surface area contributed by atoms with Gasteiger partial charge in [0.1, 0.15) is 0 Å². The Labute approximate surface area is 194 Å². The number of rotatable bonds is 4. The van der Waals surface area contributed by atoms with E-state index < -0.39 is 11.9 Å². The molecule has 2 amide bonds. The fourth-order valence-electron chi connectivity index (χ4n) is 2.91. The van der Waals surface area contributed by atoms with Gasteiger partial charge in [0.05, 0.1) is 22.7 Å². The van der Waals surface area contributed by atoms with Gasteiger partial charge in [-0.3, -0.25) is 0 Å². The molecule has 0 unspecified atom stereocenters. The Kier molecular flexibility index (Phi) is 7.12. The van der Waals surface area contributed by atoms with Crippen LogP contribution in [0.25, 0.3) is 0 Å². The van der Waals surface area contributed by atoms with Crippen LogP contribution in [0.3, 0.4) is 0 Å². The number of hydrogen-bond acceptors (Lipinski definition) is 2. The first-order valence-corrected chi connectivity index (χ1v) is 10.3. The van der Waals surface area contributed by atoms with E-state index in [0.717, 1.165) is 11.1 Å². The molecule has 2 N–H and O–H groups in total. The van der Waals surface area contributed by atoms with Crippen LogP contribution in [-0.4, -0.2) is 6.03 Å². The highest BCUT2D eigenvalue weighted by molar-refractivity contribution is 6.36. The van der Waals surface area contributed by atoms with Crippen LogP contribution in [0.2, 0.25) is 20.1 Å². The SMILES string of the molecule is Cc1cc([C@@H](C#N)c2ccc(Cl)cc2)c(Cl)cc1NC(=O)Nc1ccc(Cl)cc1Cl. The van der Waals surface area contributed by atoms with E-state index in [1.807, 2.05) is 6.92 Å². The van der Waals surface area contributed by atoms with Crippen LogP contribution in [0.1, 0.15) is 22.6 Å². The van der Waals surface area contributed by atoms with Crippen molar-refractivity contribution in [1.29, 1.82) is 5.26 Å². The number of hydrogen-bond donors (Lipinski definition) is 2. The molecule has 3 aromatic carbocycles. The molecular formula is C22H15Cl4N3O. The van der Waals surface area contributed by atoms with Gasteiger partial charge in [0.2, 0.25) is 0 Å². The average Bonchev–Trinajstić information content (AvgIpc) is 2.69. The van der Waals surface area contributed by atoms with Gasteiger partial charge in [-0.05, 0) is 60.0 Å². The number of carbonyl (C=O) groups excluding carboxylic acids is 1. The summed E-state index contributed by atoms with van der Waals surface area (Å²) in [6, 6.07) is 17.0. The van der Waals surface area contributed by atoms with Crippen molar-refractivity contribution in [1.82, 2.24) is 0 Å². The molecule has 30 heavy (non-hydrogen) atoms. The fraction of sp³-hybridized carbons (Fsp3) is 0.0909. The lowest BCUT2D eigenvalue weighted by molar-refractivity contribution is 0.262. The van der Waals surface area contributed by atoms with Gasteiger partial charge in [-0.15, -0.1) is 0 Å². The van der Waals surface area contributed by atoms with E-state index in [9.17, 15) is 10.1 Å². The van der Waals surface area contributed by atoms with Gasteiger partial charge in [0.15, 0.2) is 0 Å². The van der Waals surface area contributed by atoms with Crippen molar-refractivity contribution in [2.45, 2.75) is 12.8 Å². The van der Waals surface area contributed by atoms with Crippen molar-refractivity contribution in [3.05, 3.63) is 91.4 Å². The molecule has 3 aromatic rings. The van der Waals surface area contributed by atoms with Crippen molar-refractivity contribution >= 4 is 63.8 Å². The van der Waals surface area contributed by atoms with E-state index in [1.165, 1.54) is 6.07 Å². The summed E-state index contributed by atoms with van der Waals surface area (Å²) < 4.78 is 0. The molecule has 0 aliphatic heterocycles. The zero-order chi connectivity index (χ0) is 21.8. The highest BCUT2D eigenvalue weighted by atomic mass is 35.5. The number of aryl methyl sites for hydroxylation is 1. The summed E-state index contributed by atoms with van der Waals surface area (Å²) >= 11 is 24.3. The largest absolute Gasteiger partial charge is 0.323 e. The first-order chi connectivity index (χ1) is 14.3. The third-order valence-corrected chi connectivity index (χ3v) is 5.54. The lowest BCUT2D eigenvalue weighted by Gasteiger charge is -2.16. The summed E-state index contributed by atoms with van der Waals surface area (Å²) in [5, 5.41) is 16.8. The molecule has 0 bridgehead atoms. The first kappa shape index (κ1) is 22.3. The molecule has 0 spiro atoms. The number of nitrogens with one attached hydrogen (secondary N) is 2. The number of urea groups is 1. The molecule has 0 saturated carbocycles. The average molecular weight is 479 g/mol. The lowest BCUT2D eigenvalue weighted by Crippen LogP contribution is -2.20. The van der Waals surface area contributed by atoms with Crippen LogP contribution in [0.15, 0.2) is 54.6 Å². The van der Waals surface area contributed by atoms with E-state index in [-0.39, 0.29) is 0 Å². The Hall–Kier alpha value is -2.42. The Morgan fingerprint density at radius 3 is 2.13 bits per heavy atom. The zero-order valence-electron chi connectivity index (χ0n) is 15.6. The zero-order valence-corrected chi connectivity index (χ0v) is 18.7. The van der Waals surface area contributed by atoms with Crippen molar-refractivity contribution in [3.8, 4) is 6.07 Å². The number of anilines is 2. The molecule has 0 radical (unpaired) electrons. The van der Waals surface area contributed by atoms with Gasteiger partial charge in [-0.2, -0.15) is 5.26 Å². The molecule has 0 aromatic heterocycles. The highest BCUT2D eigenvalue weighted by Crippen LogP contribution is 2.34.